The lowest BCUT2D eigenvalue weighted by Gasteiger charge is -2.12. The Morgan fingerprint density at radius 3 is 2.59 bits per heavy atom. The Bertz CT molecular complexity index is 468. The van der Waals surface area contributed by atoms with E-state index in [9.17, 15) is 0 Å². The molecule has 0 saturated carbocycles. The Kier molecular flexibility index (Phi) is 3.55. The zero-order valence-electron chi connectivity index (χ0n) is 10.1. The van der Waals surface area contributed by atoms with Crippen LogP contribution < -0.4 is 10.2 Å². The van der Waals surface area contributed by atoms with Crippen molar-refractivity contribution < 1.29 is 0 Å². The highest BCUT2D eigenvalue weighted by Gasteiger charge is 2.00. The van der Waals surface area contributed by atoms with Crippen molar-refractivity contribution in [3.05, 3.63) is 48.3 Å². The van der Waals surface area contributed by atoms with Crippen LogP contribution in [0.3, 0.4) is 0 Å². The molecule has 0 aliphatic rings. The first-order valence-corrected chi connectivity index (χ1v) is 5.53. The van der Waals surface area contributed by atoms with Crippen molar-refractivity contribution in [2.24, 2.45) is 0 Å². The van der Waals surface area contributed by atoms with Gasteiger partial charge in [-0.05, 0) is 5.56 Å². The van der Waals surface area contributed by atoms with E-state index in [1.54, 1.807) is 6.33 Å². The highest BCUT2D eigenvalue weighted by Crippen LogP contribution is 2.12. The smallest absolute Gasteiger partial charge is 0.133 e. The molecule has 17 heavy (non-hydrogen) atoms. The summed E-state index contributed by atoms with van der Waals surface area (Å²) in [5, 5.41) is 3.28. The minimum atomic E-state index is 0.769. The van der Waals surface area contributed by atoms with Gasteiger partial charge < -0.3 is 10.2 Å². The minimum Gasteiger partial charge on any atom is -0.366 e. The van der Waals surface area contributed by atoms with Gasteiger partial charge in [-0.3, -0.25) is 0 Å². The quantitative estimate of drug-likeness (QED) is 0.870. The molecule has 1 heterocycles. The first-order valence-electron chi connectivity index (χ1n) is 5.53. The molecular formula is C13H16N4. The summed E-state index contributed by atoms with van der Waals surface area (Å²) in [6.45, 7) is 0.769. The van der Waals surface area contributed by atoms with E-state index in [2.05, 4.69) is 27.4 Å². The van der Waals surface area contributed by atoms with Gasteiger partial charge in [0.2, 0.25) is 0 Å². The molecule has 0 aliphatic heterocycles. The Hall–Kier alpha value is -2.10. The molecular weight excluding hydrogens is 212 g/mol. The number of hydrogen-bond donors (Lipinski definition) is 1. The largest absolute Gasteiger partial charge is 0.366 e. The zero-order valence-corrected chi connectivity index (χ0v) is 10.1. The zero-order chi connectivity index (χ0) is 12.1. The normalized spacial score (nSPS) is 10.0. The van der Waals surface area contributed by atoms with Crippen LogP contribution in [0.4, 0.5) is 11.6 Å². The molecule has 0 aliphatic carbocycles. The third kappa shape index (κ3) is 3.17. The Labute approximate surface area is 101 Å². The first-order chi connectivity index (χ1) is 8.25. The molecule has 0 atom stereocenters. The van der Waals surface area contributed by atoms with E-state index in [1.165, 1.54) is 5.56 Å². The van der Waals surface area contributed by atoms with Gasteiger partial charge in [0.1, 0.15) is 18.0 Å². The van der Waals surface area contributed by atoms with Crippen LogP contribution >= 0.6 is 0 Å². The Morgan fingerprint density at radius 2 is 1.88 bits per heavy atom. The SMILES string of the molecule is CN(C)c1cc(NCc2ccccc2)ncn1. The van der Waals surface area contributed by atoms with Gasteiger partial charge in [-0.2, -0.15) is 0 Å². The van der Waals surface area contributed by atoms with Gasteiger partial charge in [0.05, 0.1) is 0 Å². The molecule has 0 spiro atoms. The monoisotopic (exact) mass is 228 g/mol. The summed E-state index contributed by atoms with van der Waals surface area (Å²) in [5.41, 5.74) is 1.23. The Balaban J connectivity index is 2.02. The summed E-state index contributed by atoms with van der Waals surface area (Å²) in [6.07, 6.45) is 1.57. The van der Waals surface area contributed by atoms with Crippen molar-refractivity contribution in [2.45, 2.75) is 6.54 Å². The van der Waals surface area contributed by atoms with Crippen molar-refractivity contribution in [1.29, 1.82) is 0 Å². The number of nitrogens with zero attached hydrogens (tertiary/aromatic N) is 3. The lowest BCUT2D eigenvalue weighted by Crippen LogP contribution is -2.11. The van der Waals surface area contributed by atoms with Gasteiger partial charge in [-0.1, -0.05) is 30.3 Å². The number of hydrogen-bond acceptors (Lipinski definition) is 4. The molecule has 4 nitrogen and oxygen atoms in total. The van der Waals surface area contributed by atoms with Crippen LogP contribution in [0.25, 0.3) is 0 Å². The highest BCUT2D eigenvalue weighted by molar-refractivity contribution is 5.47. The predicted molar refractivity (Wildman–Crippen MR) is 70.1 cm³/mol. The van der Waals surface area contributed by atoms with Gasteiger partial charge in [0.25, 0.3) is 0 Å². The molecule has 0 fully saturated rings. The lowest BCUT2D eigenvalue weighted by molar-refractivity contribution is 1.02. The fraction of sp³-hybridized carbons (Fsp3) is 0.231. The van der Waals surface area contributed by atoms with Crippen LogP contribution in [0.5, 0.6) is 0 Å². The molecule has 0 bridgehead atoms. The molecule has 1 aromatic carbocycles. The molecule has 2 aromatic rings. The number of nitrogens with one attached hydrogen (secondary N) is 1. The van der Waals surface area contributed by atoms with E-state index in [0.717, 1.165) is 18.2 Å². The van der Waals surface area contributed by atoms with Gasteiger partial charge >= 0.3 is 0 Å². The second-order valence-electron chi connectivity index (χ2n) is 4.00. The summed E-state index contributed by atoms with van der Waals surface area (Å²) in [6, 6.07) is 12.2. The average Bonchev–Trinajstić information content (AvgIpc) is 2.38. The van der Waals surface area contributed by atoms with Gasteiger partial charge in [-0.25, -0.2) is 9.97 Å². The summed E-state index contributed by atoms with van der Waals surface area (Å²) in [4.78, 5) is 10.3. The van der Waals surface area contributed by atoms with Gasteiger partial charge in [0.15, 0.2) is 0 Å². The van der Waals surface area contributed by atoms with Crippen molar-refractivity contribution >= 4 is 11.6 Å². The molecule has 4 heteroatoms. The van der Waals surface area contributed by atoms with E-state index in [0.29, 0.717) is 0 Å². The number of aromatic nitrogens is 2. The topological polar surface area (TPSA) is 41.0 Å². The predicted octanol–water partition coefficient (Wildman–Crippen LogP) is 2.15. The van der Waals surface area contributed by atoms with E-state index in [1.807, 2.05) is 43.3 Å². The summed E-state index contributed by atoms with van der Waals surface area (Å²) < 4.78 is 0. The molecule has 0 amide bonds. The van der Waals surface area contributed by atoms with E-state index in [4.69, 9.17) is 0 Å². The summed E-state index contributed by atoms with van der Waals surface area (Å²) in [5.74, 6) is 1.74. The van der Waals surface area contributed by atoms with Crippen LogP contribution in [0.2, 0.25) is 0 Å². The maximum absolute atomic E-state index is 4.19. The molecule has 1 N–H and O–H groups in total. The number of rotatable bonds is 4. The van der Waals surface area contributed by atoms with Crippen LogP contribution in [0, 0.1) is 0 Å². The van der Waals surface area contributed by atoms with Crippen molar-refractivity contribution in [2.75, 3.05) is 24.3 Å². The Morgan fingerprint density at radius 1 is 1.12 bits per heavy atom. The van der Waals surface area contributed by atoms with E-state index < -0.39 is 0 Å². The second kappa shape index (κ2) is 5.30. The average molecular weight is 228 g/mol. The standard InChI is InChI=1S/C13H16N4/c1-17(2)13-8-12(15-10-16-13)14-9-11-6-4-3-5-7-11/h3-8,10H,9H2,1-2H3,(H,14,15,16). The molecule has 1 aromatic heterocycles. The molecule has 0 unspecified atom stereocenters. The first kappa shape index (κ1) is 11.4. The van der Waals surface area contributed by atoms with Crippen LogP contribution in [-0.2, 0) is 6.54 Å². The highest BCUT2D eigenvalue weighted by atomic mass is 15.2. The fourth-order valence-corrected chi connectivity index (χ4v) is 1.48. The van der Waals surface area contributed by atoms with Crippen molar-refractivity contribution in [1.82, 2.24) is 9.97 Å². The molecule has 0 saturated heterocycles. The van der Waals surface area contributed by atoms with Gasteiger partial charge in [0, 0.05) is 26.7 Å². The van der Waals surface area contributed by atoms with Crippen LogP contribution in [0.1, 0.15) is 5.56 Å². The maximum atomic E-state index is 4.19. The number of anilines is 2. The van der Waals surface area contributed by atoms with Crippen LogP contribution in [0.15, 0.2) is 42.7 Å². The summed E-state index contributed by atoms with van der Waals surface area (Å²) >= 11 is 0. The third-order valence-electron chi connectivity index (χ3n) is 2.43. The summed E-state index contributed by atoms with van der Waals surface area (Å²) in [7, 11) is 3.92. The second-order valence-corrected chi connectivity index (χ2v) is 4.00. The molecule has 88 valence electrons. The van der Waals surface area contributed by atoms with Crippen molar-refractivity contribution in [3.8, 4) is 0 Å². The lowest BCUT2D eigenvalue weighted by atomic mass is 10.2. The van der Waals surface area contributed by atoms with Crippen LogP contribution in [-0.4, -0.2) is 24.1 Å². The minimum absolute atomic E-state index is 0.769. The van der Waals surface area contributed by atoms with Gasteiger partial charge in [-0.15, -0.1) is 0 Å². The van der Waals surface area contributed by atoms with E-state index >= 15 is 0 Å². The molecule has 2 rings (SSSR count). The van der Waals surface area contributed by atoms with E-state index in [-0.39, 0.29) is 0 Å². The number of benzene rings is 1. The molecule has 0 radical (unpaired) electrons. The third-order valence-corrected chi connectivity index (χ3v) is 2.43. The van der Waals surface area contributed by atoms with Crippen molar-refractivity contribution in [3.63, 3.8) is 0 Å². The maximum Gasteiger partial charge on any atom is 0.133 e. The fourth-order valence-electron chi connectivity index (χ4n) is 1.48.